The highest BCUT2D eigenvalue weighted by atomic mass is 32.1. The molecular formula is C23H23N5O5S. The maximum absolute atomic E-state index is 12.5. The Morgan fingerprint density at radius 1 is 0.971 bits per heavy atom. The molecule has 0 radical (unpaired) electrons. The minimum absolute atomic E-state index is 0.172. The number of hydrogen-bond acceptors (Lipinski definition) is 9. The van der Waals surface area contributed by atoms with E-state index in [1.165, 1.54) is 23.5 Å². The molecule has 1 aromatic heterocycles. The molecule has 34 heavy (non-hydrogen) atoms. The Balaban J connectivity index is 1.71. The molecule has 11 heteroatoms. The standard InChI is InChI=1S/C23H23N5O5S/c1-2-32-23(31)17-12-18(14-7-4-3-5-8-14)34-21(17)26-19(29)13-33-22(30)16-10-6-9-15(11-16)20(27-24)28-25/h3-12H,2,13,24-25H2,1H3,(H,26,29)(H,27,28). The van der Waals surface area contributed by atoms with Crippen molar-refractivity contribution >= 4 is 40.0 Å². The van der Waals surface area contributed by atoms with Crippen LogP contribution in [0.2, 0.25) is 0 Å². The van der Waals surface area contributed by atoms with Gasteiger partial charge in [-0.3, -0.25) is 4.79 Å². The summed E-state index contributed by atoms with van der Waals surface area (Å²) in [4.78, 5) is 38.1. The average Bonchev–Trinajstić information content (AvgIpc) is 3.28. The van der Waals surface area contributed by atoms with Crippen LogP contribution in [0.25, 0.3) is 10.4 Å². The van der Waals surface area contributed by atoms with E-state index in [4.69, 9.17) is 21.2 Å². The second kappa shape index (κ2) is 11.6. The van der Waals surface area contributed by atoms with Crippen LogP contribution < -0.4 is 22.4 Å². The molecule has 0 spiro atoms. The van der Waals surface area contributed by atoms with Crippen LogP contribution >= 0.6 is 11.3 Å². The second-order valence-electron chi connectivity index (χ2n) is 6.77. The van der Waals surface area contributed by atoms with Gasteiger partial charge in [0.2, 0.25) is 0 Å². The van der Waals surface area contributed by atoms with Crippen molar-refractivity contribution in [2.24, 2.45) is 16.8 Å². The number of carbonyl (C=O) groups excluding carboxylic acids is 3. The van der Waals surface area contributed by atoms with E-state index in [0.29, 0.717) is 10.6 Å². The first kappa shape index (κ1) is 24.4. The summed E-state index contributed by atoms with van der Waals surface area (Å²) in [6.45, 7) is 1.33. The molecule has 0 fully saturated rings. The number of esters is 2. The normalized spacial score (nSPS) is 10.9. The van der Waals surface area contributed by atoms with Crippen LogP contribution in [0, 0.1) is 0 Å². The van der Waals surface area contributed by atoms with Crippen molar-refractivity contribution in [2.75, 3.05) is 18.5 Å². The van der Waals surface area contributed by atoms with Crippen molar-refractivity contribution in [1.29, 1.82) is 0 Å². The van der Waals surface area contributed by atoms with Crippen molar-refractivity contribution < 1.29 is 23.9 Å². The Morgan fingerprint density at radius 3 is 2.38 bits per heavy atom. The highest BCUT2D eigenvalue weighted by molar-refractivity contribution is 7.20. The zero-order chi connectivity index (χ0) is 24.5. The molecule has 6 N–H and O–H groups in total. The van der Waals surface area contributed by atoms with Gasteiger partial charge in [0.15, 0.2) is 12.4 Å². The summed E-state index contributed by atoms with van der Waals surface area (Å²) in [5, 5.41) is 6.42. The van der Waals surface area contributed by atoms with E-state index in [1.54, 1.807) is 25.1 Å². The fraction of sp³-hybridized carbons (Fsp3) is 0.130. The number of thiophene rings is 1. The van der Waals surface area contributed by atoms with Crippen LogP contribution in [0.15, 0.2) is 65.8 Å². The van der Waals surface area contributed by atoms with E-state index in [-0.39, 0.29) is 23.6 Å². The number of nitrogens with two attached hydrogens (primary N) is 2. The zero-order valence-electron chi connectivity index (χ0n) is 18.2. The first-order chi connectivity index (χ1) is 16.5. The molecule has 176 valence electrons. The van der Waals surface area contributed by atoms with Crippen molar-refractivity contribution in [1.82, 2.24) is 5.43 Å². The van der Waals surface area contributed by atoms with Gasteiger partial charge in [-0.05, 0) is 30.7 Å². The molecule has 0 aliphatic carbocycles. The lowest BCUT2D eigenvalue weighted by molar-refractivity contribution is -0.119. The van der Waals surface area contributed by atoms with Crippen LogP contribution in [-0.4, -0.2) is 36.9 Å². The van der Waals surface area contributed by atoms with E-state index in [1.807, 2.05) is 30.3 Å². The Labute approximate surface area is 199 Å². The van der Waals surface area contributed by atoms with Crippen LogP contribution in [-0.2, 0) is 14.3 Å². The van der Waals surface area contributed by atoms with Gasteiger partial charge < -0.3 is 26.1 Å². The van der Waals surface area contributed by atoms with Gasteiger partial charge in [0.05, 0.1) is 17.7 Å². The molecule has 0 saturated heterocycles. The molecule has 0 atom stereocenters. The number of anilines is 1. The SMILES string of the molecule is CCOC(=O)c1cc(-c2ccccc2)sc1NC(=O)COC(=O)c1cccc(/C(=N/N)NN)c1. The first-order valence-electron chi connectivity index (χ1n) is 10.1. The minimum atomic E-state index is -0.729. The average molecular weight is 482 g/mol. The highest BCUT2D eigenvalue weighted by Crippen LogP contribution is 2.35. The number of nitrogens with one attached hydrogen (secondary N) is 2. The number of carbonyl (C=O) groups is 3. The predicted octanol–water partition coefficient (Wildman–Crippen LogP) is 2.47. The monoisotopic (exact) mass is 481 g/mol. The smallest absolute Gasteiger partial charge is 0.341 e. The quantitative estimate of drug-likeness (QED) is 0.126. The minimum Gasteiger partial charge on any atom is -0.462 e. The third-order valence-corrected chi connectivity index (χ3v) is 5.61. The Kier molecular flexibility index (Phi) is 8.32. The Hall–Kier alpha value is -4.22. The molecule has 1 heterocycles. The topological polar surface area (TPSA) is 158 Å². The lowest BCUT2D eigenvalue weighted by Gasteiger charge is -2.08. The number of rotatable bonds is 8. The zero-order valence-corrected chi connectivity index (χ0v) is 19.1. The van der Waals surface area contributed by atoms with E-state index in [2.05, 4.69) is 15.8 Å². The number of hydrazone groups is 1. The van der Waals surface area contributed by atoms with Gasteiger partial charge in [-0.25, -0.2) is 15.4 Å². The van der Waals surface area contributed by atoms with Crippen molar-refractivity contribution in [2.45, 2.75) is 6.92 Å². The van der Waals surface area contributed by atoms with Crippen LogP contribution in [0.3, 0.4) is 0 Å². The lowest BCUT2D eigenvalue weighted by Crippen LogP contribution is -2.32. The number of hydrazine groups is 1. The van der Waals surface area contributed by atoms with Crippen molar-refractivity contribution in [3.05, 3.63) is 77.4 Å². The van der Waals surface area contributed by atoms with Crippen LogP contribution in [0.1, 0.15) is 33.2 Å². The third kappa shape index (κ3) is 5.97. The summed E-state index contributed by atoms with van der Waals surface area (Å²) in [6.07, 6.45) is 0. The molecule has 3 rings (SSSR count). The summed E-state index contributed by atoms with van der Waals surface area (Å²) in [6, 6.07) is 17.3. The predicted molar refractivity (Wildman–Crippen MR) is 129 cm³/mol. The van der Waals surface area contributed by atoms with E-state index >= 15 is 0 Å². The highest BCUT2D eigenvalue weighted by Gasteiger charge is 2.20. The van der Waals surface area contributed by atoms with Gasteiger partial charge >= 0.3 is 11.9 Å². The molecular weight excluding hydrogens is 458 g/mol. The van der Waals surface area contributed by atoms with E-state index < -0.39 is 24.5 Å². The van der Waals surface area contributed by atoms with Crippen LogP contribution in [0.5, 0.6) is 0 Å². The van der Waals surface area contributed by atoms with E-state index in [0.717, 1.165) is 10.4 Å². The lowest BCUT2D eigenvalue weighted by atomic mass is 10.1. The molecule has 0 saturated carbocycles. The Bertz CT molecular complexity index is 1210. The summed E-state index contributed by atoms with van der Waals surface area (Å²) in [5.41, 5.74) is 4.08. The molecule has 10 nitrogen and oxygen atoms in total. The van der Waals surface area contributed by atoms with Gasteiger partial charge in [0, 0.05) is 10.4 Å². The van der Waals surface area contributed by atoms with Gasteiger partial charge in [0.1, 0.15) is 5.00 Å². The second-order valence-corrected chi connectivity index (χ2v) is 7.82. The summed E-state index contributed by atoms with van der Waals surface area (Å²) in [7, 11) is 0. The number of nitrogens with zero attached hydrogens (tertiary/aromatic N) is 1. The fourth-order valence-electron chi connectivity index (χ4n) is 2.95. The molecule has 0 bridgehead atoms. The number of benzene rings is 2. The summed E-state index contributed by atoms with van der Waals surface area (Å²) in [5.74, 6) is 8.87. The van der Waals surface area contributed by atoms with Gasteiger partial charge in [-0.15, -0.1) is 11.3 Å². The van der Waals surface area contributed by atoms with Gasteiger partial charge in [0.25, 0.3) is 5.91 Å². The summed E-state index contributed by atoms with van der Waals surface area (Å²) >= 11 is 1.22. The summed E-state index contributed by atoms with van der Waals surface area (Å²) < 4.78 is 10.2. The number of ether oxygens (including phenoxy) is 2. The molecule has 2 aromatic carbocycles. The molecule has 0 unspecified atom stereocenters. The van der Waals surface area contributed by atoms with Crippen LogP contribution in [0.4, 0.5) is 5.00 Å². The third-order valence-electron chi connectivity index (χ3n) is 4.51. The number of amidine groups is 1. The molecule has 1 amide bonds. The van der Waals surface area contributed by atoms with Crippen molar-refractivity contribution in [3.8, 4) is 10.4 Å². The maximum atomic E-state index is 12.5. The largest absolute Gasteiger partial charge is 0.462 e. The Morgan fingerprint density at radius 2 is 1.71 bits per heavy atom. The first-order valence-corrected chi connectivity index (χ1v) is 11.0. The molecule has 0 aliphatic rings. The number of amides is 1. The molecule has 0 aliphatic heterocycles. The van der Waals surface area contributed by atoms with Crippen molar-refractivity contribution in [3.63, 3.8) is 0 Å². The van der Waals surface area contributed by atoms with Gasteiger partial charge in [-0.1, -0.05) is 42.5 Å². The fourth-order valence-corrected chi connectivity index (χ4v) is 4.02. The molecule has 3 aromatic rings. The number of hydrogen-bond donors (Lipinski definition) is 4. The maximum Gasteiger partial charge on any atom is 0.341 e. The van der Waals surface area contributed by atoms with Gasteiger partial charge in [-0.2, -0.15) is 5.10 Å². The van der Waals surface area contributed by atoms with E-state index in [9.17, 15) is 14.4 Å².